The molecule has 4 aromatic rings. The maximum absolute atomic E-state index is 12.5. The molecule has 0 aliphatic rings. The van der Waals surface area contributed by atoms with Gasteiger partial charge in [-0.15, -0.1) is 0 Å². The number of hydrazone groups is 1. The molecule has 0 spiro atoms. The quantitative estimate of drug-likeness (QED) is 0.396. The number of amides is 1. The molecule has 1 heterocycles. The minimum Gasteiger partial charge on any atom is -0.496 e. The Bertz CT molecular complexity index is 1200. The number of nitrogens with one attached hydrogen (secondary N) is 2. The van der Waals surface area contributed by atoms with Crippen molar-refractivity contribution in [1.82, 2.24) is 15.6 Å². The van der Waals surface area contributed by atoms with E-state index in [0.29, 0.717) is 17.1 Å². The zero-order valence-corrected chi connectivity index (χ0v) is 16.1. The summed E-state index contributed by atoms with van der Waals surface area (Å²) in [6, 6.07) is 23.2. The van der Waals surface area contributed by atoms with Crippen molar-refractivity contribution in [1.29, 1.82) is 0 Å². The fraction of sp³-hybridized carbons (Fsp3) is 0.0870. The third-order valence-electron chi connectivity index (χ3n) is 4.71. The van der Waals surface area contributed by atoms with Crippen LogP contribution in [-0.2, 0) is 0 Å². The largest absolute Gasteiger partial charge is 0.496 e. The van der Waals surface area contributed by atoms with Gasteiger partial charge in [0.25, 0.3) is 5.91 Å². The second-order valence-electron chi connectivity index (χ2n) is 6.53. The number of carbonyl (C=O) groups is 1. The monoisotopic (exact) mass is 384 g/mol. The summed E-state index contributed by atoms with van der Waals surface area (Å²) < 4.78 is 5.53. The van der Waals surface area contributed by atoms with Crippen LogP contribution in [0.4, 0.5) is 0 Å². The molecule has 144 valence electrons. The van der Waals surface area contributed by atoms with Crippen LogP contribution in [0.25, 0.3) is 22.0 Å². The van der Waals surface area contributed by atoms with Crippen LogP contribution in [0.3, 0.4) is 0 Å². The van der Waals surface area contributed by atoms with Crippen molar-refractivity contribution in [3.63, 3.8) is 0 Å². The van der Waals surface area contributed by atoms with Gasteiger partial charge in [0.2, 0.25) is 0 Å². The molecule has 0 saturated heterocycles. The fourth-order valence-corrected chi connectivity index (χ4v) is 3.19. The Morgan fingerprint density at radius 2 is 1.79 bits per heavy atom. The number of aromatic amines is 1. The topological polar surface area (TPSA) is 79.4 Å². The smallest absolute Gasteiger partial charge is 0.289 e. The first-order valence-corrected chi connectivity index (χ1v) is 9.19. The molecule has 0 fully saturated rings. The van der Waals surface area contributed by atoms with Crippen molar-refractivity contribution in [3.8, 4) is 17.0 Å². The third kappa shape index (κ3) is 3.73. The van der Waals surface area contributed by atoms with Crippen molar-refractivity contribution >= 4 is 22.4 Å². The first kappa shape index (κ1) is 18.4. The van der Waals surface area contributed by atoms with Gasteiger partial charge in [0.15, 0.2) is 0 Å². The molecule has 29 heavy (non-hydrogen) atoms. The molecule has 6 nitrogen and oxygen atoms in total. The van der Waals surface area contributed by atoms with E-state index in [0.717, 1.165) is 27.6 Å². The summed E-state index contributed by atoms with van der Waals surface area (Å²) in [5.41, 5.74) is 6.02. The van der Waals surface area contributed by atoms with E-state index in [2.05, 4.69) is 20.7 Å². The number of ether oxygens (including phenoxy) is 1. The number of aromatic nitrogens is 2. The predicted octanol–water partition coefficient (Wildman–Crippen LogP) is 4.39. The molecular weight excluding hydrogens is 364 g/mol. The summed E-state index contributed by atoms with van der Waals surface area (Å²) in [5.74, 6) is 0.332. The lowest BCUT2D eigenvalue weighted by Crippen LogP contribution is -2.19. The molecule has 0 radical (unpaired) electrons. The zero-order chi connectivity index (χ0) is 20.2. The Balaban J connectivity index is 1.62. The number of nitrogens with zero attached hydrogens (tertiary/aromatic N) is 2. The number of rotatable bonds is 5. The highest BCUT2D eigenvalue weighted by molar-refractivity contribution is 6.02. The predicted molar refractivity (Wildman–Crippen MR) is 114 cm³/mol. The lowest BCUT2D eigenvalue weighted by atomic mass is 10.0. The summed E-state index contributed by atoms with van der Waals surface area (Å²) in [5, 5.41) is 13.4. The van der Waals surface area contributed by atoms with E-state index in [1.54, 1.807) is 13.2 Å². The van der Waals surface area contributed by atoms with Gasteiger partial charge in [-0.2, -0.15) is 10.2 Å². The zero-order valence-electron chi connectivity index (χ0n) is 16.1. The molecule has 4 rings (SSSR count). The van der Waals surface area contributed by atoms with Gasteiger partial charge in [0.1, 0.15) is 11.4 Å². The van der Waals surface area contributed by atoms with Gasteiger partial charge in [-0.1, -0.05) is 60.7 Å². The minimum atomic E-state index is -0.363. The molecule has 0 aliphatic carbocycles. The van der Waals surface area contributed by atoms with Gasteiger partial charge in [-0.05, 0) is 35.4 Å². The van der Waals surface area contributed by atoms with Gasteiger partial charge >= 0.3 is 0 Å². The van der Waals surface area contributed by atoms with E-state index in [9.17, 15) is 4.79 Å². The Morgan fingerprint density at radius 1 is 1.03 bits per heavy atom. The summed E-state index contributed by atoms with van der Waals surface area (Å²) in [6.45, 7) is 1.84. The number of carbonyl (C=O) groups excluding carboxylic acids is 1. The third-order valence-corrected chi connectivity index (χ3v) is 4.71. The average molecular weight is 384 g/mol. The molecule has 1 aromatic heterocycles. The summed E-state index contributed by atoms with van der Waals surface area (Å²) in [7, 11) is 1.62. The van der Waals surface area contributed by atoms with Crippen LogP contribution in [0, 0.1) is 0 Å². The molecular formula is C23H20N4O2. The van der Waals surface area contributed by atoms with Gasteiger partial charge < -0.3 is 4.74 Å². The fourth-order valence-electron chi connectivity index (χ4n) is 3.19. The van der Waals surface area contributed by atoms with Crippen molar-refractivity contribution in [2.24, 2.45) is 5.10 Å². The van der Waals surface area contributed by atoms with Crippen LogP contribution >= 0.6 is 0 Å². The highest BCUT2D eigenvalue weighted by Crippen LogP contribution is 2.36. The van der Waals surface area contributed by atoms with Gasteiger partial charge in [0, 0.05) is 0 Å². The summed E-state index contributed by atoms with van der Waals surface area (Å²) in [6.07, 6.45) is 0. The highest BCUT2D eigenvalue weighted by Gasteiger charge is 2.16. The van der Waals surface area contributed by atoms with E-state index < -0.39 is 0 Å². The van der Waals surface area contributed by atoms with Crippen molar-refractivity contribution < 1.29 is 9.53 Å². The molecule has 2 N–H and O–H groups in total. The number of benzene rings is 3. The average Bonchev–Trinajstić information content (AvgIpc) is 3.27. The molecule has 1 amide bonds. The molecule has 0 bridgehead atoms. The number of hydrogen-bond acceptors (Lipinski definition) is 4. The summed E-state index contributed by atoms with van der Waals surface area (Å²) in [4.78, 5) is 12.5. The van der Waals surface area contributed by atoms with Crippen molar-refractivity contribution in [2.75, 3.05) is 7.11 Å². The second-order valence-corrected chi connectivity index (χ2v) is 6.53. The Labute approximate surface area is 168 Å². The normalized spacial score (nSPS) is 11.4. The standard InChI is InChI=1S/C23H20N4O2/c1-15(16-8-4-3-5-9-16)24-27-23(28)20-14-19(25-26-20)22-18-11-7-6-10-17(18)12-13-21(22)29-2/h3-14H,1-2H3,(H,25,26)(H,27,28)/b24-15-. The van der Waals surface area contributed by atoms with Crippen molar-refractivity contribution in [2.45, 2.75) is 6.92 Å². The van der Waals surface area contributed by atoms with Gasteiger partial charge in [0.05, 0.1) is 24.1 Å². The Kier molecular flexibility index (Phi) is 5.07. The Morgan fingerprint density at radius 3 is 2.59 bits per heavy atom. The van der Waals surface area contributed by atoms with E-state index >= 15 is 0 Å². The van der Waals surface area contributed by atoms with Crippen LogP contribution < -0.4 is 10.2 Å². The lowest BCUT2D eigenvalue weighted by Gasteiger charge is -2.09. The number of hydrogen-bond donors (Lipinski definition) is 2. The molecule has 3 aromatic carbocycles. The van der Waals surface area contributed by atoms with Gasteiger partial charge in [-0.3, -0.25) is 9.89 Å². The van der Waals surface area contributed by atoms with Crippen LogP contribution in [0.1, 0.15) is 23.0 Å². The second kappa shape index (κ2) is 7.98. The first-order chi connectivity index (χ1) is 14.2. The van der Waals surface area contributed by atoms with Crippen LogP contribution in [0.2, 0.25) is 0 Å². The number of H-pyrrole nitrogens is 1. The van der Waals surface area contributed by atoms with E-state index in [-0.39, 0.29) is 5.91 Å². The molecule has 0 aliphatic heterocycles. The highest BCUT2D eigenvalue weighted by atomic mass is 16.5. The number of fused-ring (bicyclic) bond motifs is 1. The van der Waals surface area contributed by atoms with E-state index in [1.165, 1.54) is 0 Å². The maximum atomic E-state index is 12.5. The van der Waals surface area contributed by atoms with Crippen LogP contribution in [0.5, 0.6) is 5.75 Å². The molecule has 0 atom stereocenters. The molecule has 0 saturated carbocycles. The molecule has 0 unspecified atom stereocenters. The number of methoxy groups -OCH3 is 1. The lowest BCUT2D eigenvalue weighted by molar-refractivity contribution is 0.0950. The van der Waals surface area contributed by atoms with Gasteiger partial charge in [-0.25, -0.2) is 5.43 Å². The SMILES string of the molecule is COc1ccc2ccccc2c1-c1cc(C(=O)N/N=C(/C)c2ccccc2)[nH]n1. The van der Waals surface area contributed by atoms with E-state index in [1.807, 2.05) is 73.7 Å². The molecule has 6 heteroatoms. The Hall–Kier alpha value is -3.93. The van der Waals surface area contributed by atoms with Crippen LogP contribution in [-0.4, -0.2) is 28.9 Å². The minimum absolute atomic E-state index is 0.319. The first-order valence-electron chi connectivity index (χ1n) is 9.19. The summed E-state index contributed by atoms with van der Waals surface area (Å²) >= 11 is 0. The van der Waals surface area contributed by atoms with Crippen LogP contribution in [0.15, 0.2) is 77.9 Å². The maximum Gasteiger partial charge on any atom is 0.289 e. The van der Waals surface area contributed by atoms with Crippen molar-refractivity contribution in [3.05, 3.63) is 84.1 Å². The van der Waals surface area contributed by atoms with E-state index in [4.69, 9.17) is 4.74 Å².